The van der Waals surface area contributed by atoms with Gasteiger partial charge in [-0.05, 0) is 72.7 Å². The van der Waals surface area contributed by atoms with Crippen LogP contribution in [0.25, 0.3) is 0 Å². The van der Waals surface area contributed by atoms with Gasteiger partial charge in [0, 0.05) is 31.9 Å². The molecule has 1 N–H and O–H groups in total. The fraction of sp³-hybridized carbons (Fsp3) is 0.708. The maximum atomic E-state index is 11.7. The second kappa shape index (κ2) is 8.06. The second-order valence-corrected chi connectivity index (χ2v) is 10.5. The quantitative estimate of drug-likeness (QED) is 0.752. The lowest BCUT2D eigenvalue weighted by Gasteiger charge is -2.46. The van der Waals surface area contributed by atoms with E-state index < -0.39 is 5.97 Å². The molecule has 1 aromatic carbocycles. The van der Waals surface area contributed by atoms with E-state index in [1.807, 2.05) is 6.07 Å². The summed E-state index contributed by atoms with van der Waals surface area (Å²) in [5, 5.41) is 9.59. The Morgan fingerprint density at radius 2 is 1.68 bits per heavy atom. The van der Waals surface area contributed by atoms with Crippen LogP contribution in [0.4, 0.5) is 5.69 Å². The van der Waals surface area contributed by atoms with Crippen molar-refractivity contribution in [2.75, 3.05) is 37.6 Å². The molecule has 0 aromatic heterocycles. The first kappa shape index (κ1) is 21.2. The molecule has 1 saturated carbocycles. The molecule has 1 aliphatic heterocycles. The van der Waals surface area contributed by atoms with Crippen molar-refractivity contribution in [1.82, 2.24) is 4.90 Å². The van der Waals surface area contributed by atoms with Crippen molar-refractivity contribution in [3.8, 4) is 0 Å². The highest BCUT2D eigenvalue weighted by Gasteiger charge is 2.40. The molecule has 1 heterocycles. The number of carbonyl (C=O) groups is 1. The lowest BCUT2D eigenvalue weighted by atomic mass is 9.60. The minimum atomic E-state index is -0.824. The van der Waals surface area contributed by atoms with Crippen LogP contribution in [0.3, 0.4) is 0 Å². The standard InChI is InChI=1S/C24H38N2O2/c1-6-9-25-10-12-26(13-11-25)21-8-7-18(22(27)28)14-20(21)19-15-23(2,3)17-24(4,5)16-19/h7-8,14,19H,6,9-13,15-17H2,1-5H3,(H,27,28). The van der Waals surface area contributed by atoms with E-state index >= 15 is 0 Å². The van der Waals surface area contributed by atoms with Crippen LogP contribution in [0.2, 0.25) is 0 Å². The Hall–Kier alpha value is -1.55. The Bertz CT molecular complexity index is 687. The summed E-state index contributed by atoms with van der Waals surface area (Å²) in [7, 11) is 0. The first-order chi connectivity index (χ1) is 13.1. The lowest BCUT2D eigenvalue weighted by Crippen LogP contribution is -2.47. The van der Waals surface area contributed by atoms with Crippen molar-refractivity contribution in [3.63, 3.8) is 0 Å². The smallest absolute Gasteiger partial charge is 0.335 e. The number of anilines is 1. The molecular weight excluding hydrogens is 348 g/mol. The van der Waals surface area contributed by atoms with Crippen molar-refractivity contribution >= 4 is 11.7 Å². The van der Waals surface area contributed by atoms with Crippen molar-refractivity contribution in [1.29, 1.82) is 0 Å². The van der Waals surface area contributed by atoms with Crippen LogP contribution >= 0.6 is 0 Å². The Kier molecular flexibility index (Phi) is 6.09. The van der Waals surface area contributed by atoms with Gasteiger partial charge in [-0.25, -0.2) is 4.79 Å². The number of piperazine rings is 1. The Labute approximate surface area is 170 Å². The third-order valence-corrected chi connectivity index (χ3v) is 6.52. The van der Waals surface area contributed by atoms with Gasteiger partial charge in [0.25, 0.3) is 0 Å². The van der Waals surface area contributed by atoms with E-state index in [0.717, 1.165) is 39.0 Å². The van der Waals surface area contributed by atoms with Gasteiger partial charge >= 0.3 is 5.97 Å². The molecule has 1 aliphatic carbocycles. The average molecular weight is 387 g/mol. The molecule has 2 aliphatic rings. The van der Waals surface area contributed by atoms with Gasteiger partial charge in [0.15, 0.2) is 0 Å². The summed E-state index contributed by atoms with van der Waals surface area (Å²) in [4.78, 5) is 16.7. The molecule has 28 heavy (non-hydrogen) atoms. The molecule has 0 amide bonds. The van der Waals surface area contributed by atoms with Gasteiger partial charge < -0.3 is 10.0 Å². The molecule has 4 heteroatoms. The Balaban J connectivity index is 1.92. The van der Waals surface area contributed by atoms with E-state index in [2.05, 4.69) is 50.5 Å². The first-order valence-electron chi connectivity index (χ1n) is 10.9. The largest absolute Gasteiger partial charge is 0.478 e. The number of nitrogens with zero attached hydrogens (tertiary/aromatic N) is 2. The van der Waals surface area contributed by atoms with Crippen molar-refractivity contribution < 1.29 is 9.90 Å². The van der Waals surface area contributed by atoms with E-state index in [1.54, 1.807) is 6.07 Å². The SMILES string of the molecule is CCCN1CCN(c2ccc(C(=O)O)cc2C2CC(C)(C)CC(C)(C)C2)CC1. The Morgan fingerprint density at radius 1 is 1.07 bits per heavy atom. The molecule has 4 nitrogen and oxygen atoms in total. The third kappa shape index (κ3) is 4.89. The van der Waals surface area contributed by atoms with E-state index in [1.165, 1.54) is 30.6 Å². The van der Waals surface area contributed by atoms with Crippen LogP contribution in [0.5, 0.6) is 0 Å². The molecular formula is C24H38N2O2. The molecule has 0 atom stereocenters. The number of carboxylic acid groups (broad SMARTS) is 1. The number of hydrogen-bond acceptors (Lipinski definition) is 3. The summed E-state index contributed by atoms with van der Waals surface area (Å²) in [6.45, 7) is 17.1. The first-order valence-corrected chi connectivity index (χ1v) is 10.9. The summed E-state index contributed by atoms with van der Waals surface area (Å²) >= 11 is 0. The van der Waals surface area contributed by atoms with Crippen LogP contribution in [-0.4, -0.2) is 48.7 Å². The van der Waals surface area contributed by atoms with Crippen LogP contribution in [0.15, 0.2) is 18.2 Å². The zero-order chi connectivity index (χ0) is 20.5. The fourth-order valence-electron chi connectivity index (χ4n) is 5.90. The Morgan fingerprint density at radius 3 is 2.21 bits per heavy atom. The number of carboxylic acids is 1. The molecule has 3 rings (SSSR count). The van der Waals surface area contributed by atoms with E-state index in [-0.39, 0.29) is 10.8 Å². The van der Waals surface area contributed by atoms with Crippen LogP contribution in [0.1, 0.15) is 82.1 Å². The lowest BCUT2D eigenvalue weighted by molar-refractivity contribution is 0.0696. The zero-order valence-corrected chi connectivity index (χ0v) is 18.4. The molecule has 1 aromatic rings. The topological polar surface area (TPSA) is 43.8 Å². The predicted molar refractivity (Wildman–Crippen MR) is 116 cm³/mol. The van der Waals surface area contributed by atoms with Crippen molar-refractivity contribution in [2.24, 2.45) is 10.8 Å². The van der Waals surface area contributed by atoms with Gasteiger partial charge in [-0.1, -0.05) is 34.6 Å². The van der Waals surface area contributed by atoms with Gasteiger partial charge in [0.1, 0.15) is 0 Å². The van der Waals surface area contributed by atoms with Gasteiger partial charge in [-0.3, -0.25) is 4.90 Å². The summed E-state index contributed by atoms with van der Waals surface area (Å²) in [6, 6.07) is 5.83. The summed E-state index contributed by atoms with van der Waals surface area (Å²) in [6.07, 6.45) is 4.68. The van der Waals surface area contributed by atoms with Gasteiger partial charge in [0.05, 0.1) is 5.56 Å². The van der Waals surface area contributed by atoms with E-state index in [9.17, 15) is 9.90 Å². The summed E-state index contributed by atoms with van der Waals surface area (Å²) < 4.78 is 0. The van der Waals surface area contributed by atoms with Crippen molar-refractivity contribution in [3.05, 3.63) is 29.3 Å². The fourth-order valence-corrected chi connectivity index (χ4v) is 5.90. The normalized spacial score (nSPS) is 23.0. The third-order valence-electron chi connectivity index (χ3n) is 6.52. The zero-order valence-electron chi connectivity index (χ0n) is 18.4. The summed E-state index contributed by atoms with van der Waals surface area (Å²) in [5.41, 5.74) is 3.50. The predicted octanol–water partition coefficient (Wildman–Crippen LogP) is 5.24. The van der Waals surface area contributed by atoms with Crippen LogP contribution in [0, 0.1) is 10.8 Å². The number of rotatable bonds is 5. The molecule has 0 spiro atoms. The minimum Gasteiger partial charge on any atom is -0.478 e. The molecule has 0 radical (unpaired) electrons. The number of benzene rings is 1. The van der Waals surface area contributed by atoms with Gasteiger partial charge in [-0.2, -0.15) is 0 Å². The maximum Gasteiger partial charge on any atom is 0.335 e. The van der Waals surface area contributed by atoms with Crippen LogP contribution < -0.4 is 4.90 Å². The van der Waals surface area contributed by atoms with Crippen LogP contribution in [-0.2, 0) is 0 Å². The highest BCUT2D eigenvalue weighted by molar-refractivity contribution is 5.88. The molecule has 0 unspecified atom stereocenters. The van der Waals surface area contributed by atoms with E-state index in [4.69, 9.17) is 0 Å². The maximum absolute atomic E-state index is 11.7. The molecule has 2 fully saturated rings. The average Bonchev–Trinajstić information content (AvgIpc) is 2.59. The van der Waals surface area contributed by atoms with Crippen molar-refractivity contribution in [2.45, 2.75) is 66.2 Å². The molecule has 1 saturated heterocycles. The monoisotopic (exact) mass is 386 g/mol. The van der Waals surface area contributed by atoms with Gasteiger partial charge in [0.2, 0.25) is 0 Å². The van der Waals surface area contributed by atoms with Gasteiger partial charge in [-0.15, -0.1) is 0 Å². The second-order valence-electron chi connectivity index (χ2n) is 10.5. The minimum absolute atomic E-state index is 0.280. The van der Waals surface area contributed by atoms with E-state index in [0.29, 0.717) is 11.5 Å². The molecule has 156 valence electrons. The number of hydrogen-bond donors (Lipinski definition) is 1. The highest BCUT2D eigenvalue weighted by atomic mass is 16.4. The summed E-state index contributed by atoms with van der Waals surface area (Å²) in [5.74, 6) is -0.406. The highest BCUT2D eigenvalue weighted by Crippen LogP contribution is 2.53. The number of aromatic carboxylic acids is 1. The molecule has 0 bridgehead atoms.